The molecule has 26 heavy (non-hydrogen) atoms. The van der Waals surface area contributed by atoms with Crippen LogP contribution >= 0.6 is 11.6 Å². The van der Waals surface area contributed by atoms with E-state index in [9.17, 15) is 9.90 Å². The van der Waals surface area contributed by atoms with E-state index < -0.39 is 0 Å². The third-order valence-corrected chi connectivity index (χ3v) is 5.61. The number of rotatable bonds is 2. The Morgan fingerprint density at radius 3 is 2.58 bits per heavy atom. The lowest BCUT2D eigenvalue weighted by molar-refractivity contribution is -0.110. The van der Waals surface area contributed by atoms with Gasteiger partial charge in [0.1, 0.15) is 5.76 Å². The van der Waals surface area contributed by atoms with Crippen molar-refractivity contribution in [3.63, 3.8) is 0 Å². The van der Waals surface area contributed by atoms with Gasteiger partial charge in [-0.25, -0.2) is 0 Å². The van der Waals surface area contributed by atoms with Crippen LogP contribution in [0.4, 0.5) is 5.69 Å². The van der Waals surface area contributed by atoms with E-state index in [2.05, 4.69) is 41.5 Å². The number of hydrogen-bond donors (Lipinski definition) is 2. The zero-order chi connectivity index (χ0) is 18.4. The van der Waals surface area contributed by atoms with Gasteiger partial charge in [-0.3, -0.25) is 4.79 Å². The number of carbonyl (C=O) groups excluding carboxylic acids is 1. The molecule has 1 saturated heterocycles. The SMILES string of the molecule is C/C(O)=C1\C(=O)Nc2cc(Cl)c(-c3ccc(C4CCN(C)C4)cc3)cc21. The van der Waals surface area contributed by atoms with Crippen molar-refractivity contribution in [3.05, 3.63) is 58.3 Å². The molecule has 2 aliphatic heterocycles. The Morgan fingerprint density at radius 1 is 1.23 bits per heavy atom. The lowest BCUT2D eigenvalue weighted by atomic mass is 9.94. The molecule has 4 rings (SSSR count). The van der Waals surface area contributed by atoms with Crippen LogP contribution in [0.25, 0.3) is 16.7 Å². The number of allylic oxidation sites excluding steroid dienone is 1. The smallest absolute Gasteiger partial charge is 0.259 e. The van der Waals surface area contributed by atoms with Crippen molar-refractivity contribution < 1.29 is 9.90 Å². The first-order valence-electron chi connectivity index (χ1n) is 8.78. The fourth-order valence-corrected chi connectivity index (χ4v) is 4.19. The molecule has 4 nitrogen and oxygen atoms in total. The number of nitrogens with one attached hydrogen (secondary N) is 1. The number of hydrogen-bond acceptors (Lipinski definition) is 3. The summed E-state index contributed by atoms with van der Waals surface area (Å²) in [5.74, 6) is 0.294. The third kappa shape index (κ3) is 2.89. The third-order valence-electron chi connectivity index (χ3n) is 5.30. The molecule has 0 radical (unpaired) electrons. The number of amides is 1. The number of likely N-dealkylation sites (tertiary alicyclic amines) is 1. The Morgan fingerprint density at radius 2 is 1.96 bits per heavy atom. The van der Waals surface area contributed by atoms with E-state index in [0.717, 1.165) is 24.2 Å². The fraction of sp³-hybridized carbons (Fsp3) is 0.286. The standard InChI is InChI=1S/C21H21ClN2O2/c1-12(25)20-17-9-16(18(22)10-19(17)23-21(20)26)14-5-3-13(4-6-14)15-7-8-24(2)11-15/h3-6,9-10,15,25H,7-8,11H2,1-2H3,(H,23,26)/b20-12+. The summed E-state index contributed by atoms with van der Waals surface area (Å²) in [5, 5.41) is 13.2. The van der Waals surface area contributed by atoms with Gasteiger partial charge in [0, 0.05) is 17.7 Å². The fourth-order valence-electron chi connectivity index (χ4n) is 3.91. The minimum Gasteiger partial charge on any atom is -0.512 e. The van der Waals surface area contributed by atoms with Gasteiger partial charge in [-0.2, -0.15) is 0 Å². The molecular formula is C21H21ClN2O2. The second kappa shape index (κ2) is 6.45. The van der Waals surface area contributed by atoms with E-state index in [1.165, 1.54) is 18.9 Å². The van der Waals surface area contributed by atoms with Crippen molar-refractivity contribution >= 4 is 28.8 Å². The Balaban J connectivity index is 1.71. The molecule has 134 valence electrons. The molecule has 0 aliphatic carbocycles. The van der Waals surface area contributed by atoms with Gasteiger partial charge in [-0.1, -0.05) is 35.9 Å². The highest BCUT2D eigenvalue weighted by Gasteiger charge is 2.28. The van der Waals surface area contributed by atoms with Crippen molar-refractivity contribution in [2.45, 2.75) is 19.3 Å². The summed E-state index contributed by atoms with van der Waals surface area (Å²) >= 11 is 6.47. The summed E-state index contributed by atoms with van der Waals surface area (Å²) in [5.41, 5.74) is 4.84. The van der Waals surface area contributed by atoms with E-state index in [-0.39, 0.29) is 11.7 Å². The maximum Gasteiger partial charge on any atom is 0.259 e. The Hall–Kier alpha value is -2.30. The Kier molecular flexibility index (Phi) is 4.25. The van der Waals surface area contributed by atoms with Crippen LogP contribution in [-0.4, -0.2) is 36.1 Å². The number of aliphatic hydroxyl groups is 1. The zero-order valence-corrected chi connectivity index (χ0v) is 15.6. The van der Waals surface area contributed by atoms with Crippen LogP contribution in [0.1, 0.15) is 30.4 Å². The minimum absolute atomic E-state index is 0.00947. The number of fused-ring (bicyclic) bond motifs is 1. The quantitative estimate of drug-likeness (QED) is 0.598. The van der Waals surface area contributed by atoms with Crippen molar-refractivity contribution in [2.24, 2.45) is 0 Å². The molecule has 5 heteroatoms. The number of nitrogens with zero attached hydrogens (tertiary/aromatic N) is 1. The van der Waals surface area contributed by atoms with Gasteiger partial charge in [-0.15, -0.1) is 0 Å². The van der Waals surface area contributed by atoms with Crippen molar-refractivity contribution in [1.29, 1.82) is 0 Å². The molecule has 0 bridgehead atoms. The van der Waals surface area contributed by atoms with Gasteiger partial charge in [0.15, 0.2) is 0 Å². The summed E-state index contributed by atoms with van der Waals surface area (Å²) in [6.07, 6.45) is 1.19. The average Bonchev–Trinajstić information content (AvgIpc) is 3.16. The summed E-state index contributed by atoms with van der Waals surface area (Å²) in [6.45, 7) is 3.75. The first-order chi connectivity index (χ1) is 12.4. The topological polar surface area (TPSA) is 52.6 Å². The van der Waals surface area contributed by atoms with E-state index in [1.807, 2.05) is 6.07 Å². The lowest BCUT2D eigenvalue weighted by Gasteiger charge is -2.13. The van der Waals surface area contributed by atoms with Crippen molar-refractivity contribution in [3.8, 4) is 11.1 Å². The molecule has 2 N–H and O–H groups in total. The van der Waals surface area contributed by atoms with Gasteiger partial charge >= 0.3 is 0 Å². The first-order valence-corrected chi connectivity index (χ1v) is 9.16. The number of likely N-dealkylation sites (N-methyl/N-ethyl adjacent to an activating group) is 1. The van der Waals surface area contributed by atoms with E-state index in [4.69, 9.17) is 11.6 Å². The molecule has 2 heterocycles. The molecule has 1 unspecified atom stereocenters. The molecule has 2 aliphatic rings. The second-order valence-corrected chi connectivity index (χ2v) is 7.57. The van der Waals surface area contributed by atoms with Gasteiger partial charge in [0.05, 0.1) is 16.3 Å². The Labute approximate surface area is 158 Å². The molecule has 1 amide bonds. The summed E-state index contributed by atoms with van der Waals surface area (Å²) < 4.78 is 0. The lowest BCUT2D eigenvalue weighted by Crippen LogP contribution is -2.13. The normalized spacial score (nSPS) is 21.7. The Bertz CT molecular complexity index is 914. The van der Waals surface area contributed by atoms with E-state index >= 15 is 0 Å². The van der Waals surface area contributed by atoms with Crippen molar-refractivity contribution in [2.75, 3.05) is 25.5 Å². The molecule has 0 aromatic heterocycles. The van der Waals surface area contributed by atoms with Crippen LogP contribution in [0.15, 0.2) is 42.2 Å². The number of anilines is 1. The van der Waals surface area contributed by atoms with Crippen LogP contribution in [-0.2, 0) is 4.79 Å². The number of benzene rings is 2. The molecule has 1 fully saturated rings. The monoisotopic (exact) mass is 368 g/mol. The number of aliphatic hydroxyl groups excluding tert-OH is 1. The summed E-state index contributed by atoms with van der Waals surface area (Å²) in [4.78, 5) is 14.4. The molecule has 0 saturated carbocycles. The van der Waals surface area contributed by atoms with Gasteiger partial charge in [0.2, 0.25) is 0 Å². The molecule has 0 spiro atoms. The molecule has 1 atom stereocenters. The summed E-state index contributed by atoms with van der Waals surface area (Å²) in [7, 11) is 2.16. The maximum absolute atomic E-state index is 12.1. The first kappa shape index (κ1) is 17.1. The highest BCUT2D eigenvalue weighted by molar-refractivity contribution is 6.36. The van der Waals surface area contributed by atoms with Gasteiger partial charge in [-0.05, 0) is 56.1 Å². The van der Waals surface area contributed by atoms with Crippen LogP contribution in [0.2, 0.25) is 5.02 Å². The average molecular weight is 369 g/mol. The predicted molar refractivity (Wildman–Crippen MR) is 106 cm³/mol. The molecule has 2 aromatic rings. The van der Waals surface area contributed by atoms with Crippen LogP contribution in [0.5, 0.6) is 0 Å². The zero-order valence-electron chi connectivity index (χ0n) is 14.8. The van der Waals surface area contributed by atoms with E-state index in [0.29, 0.717) is 27.8 Å². The van der Waals surface area contributed by atoms with Gasteiger partial charge in [0.25, 0.3) is 5.91 Å². The second-order valence-electron chi connectivity index (χ2n) is 7.16. The van der Waals surface area contributed by atoms with Crippen LogP contribution < -0.4 is 5.32 Å². The highest BCUT2D eigenvalue weighted by Crippen LogP contribution is 2.41. The predicted octanol–water partition coefficient (Wildman–Crippen LogP) is 4.67. The maximum atomic E-state index is 12.1. The van der Waals surface area contributed by atoms with E-state index in [1.54, 1.807) is 6.07 Å². The molecule has 2 aromatic carbocycles. The van der Waals surface area contributed by atoms with Crippen LogP contribution in [0, 0.1) is 0 Å². The largest absolute Gasteiger partial charge is 0.512 e. The van der Waals surface area contributed by atoms with Crippen molar-refractivity contribution in [1.82, 2.24) is 4.90 Å². The number of halogens is 1. The van der Waals surface area contributed by atoms with Gasteiger partial charge < -0.3 is 15.3 Å². The minimum atomic E-state index is -0.297. The highest BCUT2D eigenvalue weighted by atomic mass is 35.5. The summed E-state index contributed by atoms with van der Waals surface area (Å²) in [6, 6.07) is 12.1. The molecular weight excluding hydrogens is 348 g/mol. The number of carbonyl (C=O) groups is 1. The van der Waals surface area contributed by atoms with Crippen LogP contribution in [0.3, 0.4) is 0 Å².